The van der Waals surface area contributed by atoms with Crippen molar-refractivity contribution < 1.29 is 9.53 Å². The Balaban J connectivity index is 1.97. The van der Waals surface area contributed by atoms with Gasteiger partial charge >= 0.3 is 0 Å². The van der Waals surface area contributed by atoms with Gasteiger partial charge in [0, 0.05) is 20.2 Å². The minimum Gasteiger partial charge on any atom is -0.379 e. The van der Waals surface area contributed by atoms with Gasteiger partial charge in [-0.25, -0.2) is 0 Å². The zero-order valence-electron chi connectivity index (χ0n) is 10.7. The van der Waals surface area contributed by atoms with Crippen LogP contribution in [0.4, 0.5) is 5.13 Å². The van der Waals surface area contributed by atoms with Gasteiger partial charge in [-0.3, -0.25) is 4.79 Å². The molecule has 1 atom stereocenters. The lowest BCUT2D eigenvalue weighted by atomic mass is 10.2. The van der Waals surface area contributed by atoms with Gasteiger partial charge in [0.2, 0.25) is 10.1 Å². The second-order valence-electron chi connectivity index (χ2n) is 4.27. The van der Waals surface area contributed by atoms with Crippen LogP contribution >= 0.6 is 11.3 Å². The van der Waals surface area contributed by atoms with Crippen LogP contribution in [0.2, 0.25) is 0 Å². The predicted molar refractivity (Wildman–Crippen MR) is 70.0 cm³/mol. The Bertz CT molecular complexity index is 404. The lowest BCUT2D eigenvalue weighted by molar-refractivity contribution is 0.0710. The summed E-state index contributed by atoms with van der Waals surface area (Å²) in [6.07, 6.45) is 1.91. The summed E-state index contributed by atoms with van der Waals surface area (Å²) >= 11 is 1.30. The maximum absolute atomic E-state index is 12.2. The SMILES string of the molecule is CCCNc1nnc(C(=O)N(C)C2CCOC2)s1. The largest absolute Gasteiger partial charge is 0.379 e. The van der Waals surface area contributed by atoms with Crippen molar-refractivity contribution in [2.24, 2.45) is 0 Å². The highest BCUT2D eigenvalue weighted by molar-refractivity contribution is 7.17. The fourth-order valence-electron chi connectivity index (χ4n) is 1.76. The molecule has 2 heterocycles. The zero-order valence-corrected chi connectivity index (χ0v) is 11.5. The van der Waals surface area contributed by atoms with Gasteiger partial charge in [-0.2, -0.15) is 0 Å². The van der Waals surface area contributed by atoms with Gasteiger partial charge in [-0.05, 0) is 12.8 Å². The van der Waals surface area contributed by atoms with Gasteiger partial charge in [0.1, 0.15) is 0 Å². The van der Waals surface area contributed by atoms with E-state index in [0.717, 1.165) is 26.0 Å². The molecule has 0 bridgehead atoms. The summed E-state index contributed by atoms with van der Waals surface area (Å²) in [6.45, 7) is 4.26. The Morgan fingerprint density at radius 1 is 1.61 bits per heavy atom. The van der Waals surface area contributed by atoms with E-state index in [1.54, 1.807) is 11.9 Å². The fraction of sp³-hybridized carbons (Fsp3) is 0.727. The minimum absolute atomic E-state index is 0.0763. The van der Waals surface area contributed by atoms with E-state index < -0.39 is 0 Å². The molecule has 1 aliphatic heterocycles. The Hall–Kier alpha value is -1.21. The van der Waals surface area contributed by atoms with E-state index in [0.29, 0.717) is 16.7 Å². The molecule has 1 aliphatic rings. The van der Waals surface area contributed by atoms with Gasteiger partial charge in [0.25, 0.3) is 5.91 Å². The molecule has 1 fully saturated rings. The van der Waals surface area contributed by atoms with Crippen molar-refractivity contribution in [2.45, 2.75) is 25.8 Å². The normalized spacial score (nSPS) is 18.9. The molecule has 18 heavy (non-hydrogen) atoms. The molecule has 1 aromatic rings. The lowest BCUT2D eigenvalue weighted by Crippen LogP contribution is -2.37. The quantitative estimate of drug-likeness (QED) is 0.871. The van der Waals surface area contributed by atoms with E-state index in [-0.39, 0.29) is 11.9 Å². The first-order valence-corrected chi connectivity index (χ1v) is 6.96. The molecule has 2 rings (SSSR count). The number of rotatable bonds is 5. The highest BCUT2D eigenvalue weighted by atomic mass is 32.1. The third-order valence-electron chi connectivity index (χ3n) is 2.91. The van der Waals surface area contributed by atoms with Crippen LogP contribution in [-0.2, 0) is 4.74 Å². The second-order valence-corrected chi connectivity index (χ2v) is 5.25. The number of aromatic nitrogens is 2. The minimum atomic E-state index is -0.0763. The van der Waals surface area contributed by atoms with Gasteiger partial charge in [0.05, 0.1) is 12.6 Å². The fourth-order valence-corrected chi connectivity index (χ4v) is 2.51. The number of ether oxygens (including phenoxy) is 1. The number of likely N-dealkylation sites (N-methyl/N-ethyl adjacent to an activating group) is 1. The summed E-state index contributed by atoms with van der Waals surface area (Å²) in [5, 5.41) is 12.2. The molecule has 1 unspecified atom stereocenters. The maximum atomic E-state index is 12.2. The molecule has 0 spiro atoms. The highest BCUT2D eigenvalue weighted by Crippen LogP contribution is 2.19. The van der Waals surface area contributed by atoms with Crippen molar-refractivity contribution in [3.8, 4) is 0 Å². The van der Waals surface area contributed by atoms with Crippen LogP contribution in [0.15, 0.2) is 0 Å². The van der Waals surface area contributed by atoms with Crippen LogP contribution in [-0.4, -0.2) is 53.9 Å². The number of hydrogen-bond donors (Lipinski definition) is 1. The molecular weight excluding hydrogens is 252 g/mol. The first-order valence-electron chi connectivity index (χ1n) is 6.14. The van der Waals surface area contributed by atoms with Gasteiger partial charge in [0.15, 0.2) is 0 Å². The molecule has 0 saturated carbocycles. The first kappa shape index (κ1) is 13.2. The Labute approximate surface area is 110 Å². The monoisotopic (exact) mass is 270 g/mol. The topological polar surface area (TPSA) is 67.4 Å². The average molecular weight is 270 g/mol. The molecule has 0 aromatic carbocycles. The number of carbonyl (C=O) groups excluding carboxylic acids is 1. The lowest BCUT2D eigenvalue weighted by Gasteiger charge is -2.21. The number of nitrogens with zero attached hydrogens (tertiary/aromatic N) is 3. The smallest absolute Gasteiger partial charge is 0.284 e. The summed E-state index contributed by atoms with van der Waals surface area (Å²) in [4.78, 5) is 13.9. The molecule has 0 radical (unpaired) electrons. The van der Waals surface area contributed by atoms with Crippen molar-refractivity contribution in [3.05, 3.63) is 5.01 Å². The van der Waals surface area contributed by atoms with E-state index in [2.05, 4.69) is 22.4 Å². The zero-order chi connectivity index (χ0) is 13.0. The number of hydrogen-bond acceptors (Lipinski definition) is 6. The Morgan fingerprint density at radius 3 is 3.11 bits per heavy atom. The second kappa shape index (κ2) is 6.10. The highest BCUT2D eigenvalue weighted by Gasteiger charge is 2.27. The molecular formula is C11H18N4O2S. The molecule has 6 nitrogen and oxygen atoms in total. The van der Waals surface area contributed by atoms with E-state index in [1.165, 1.54) is 11.3 Å². The third kappa shape index (κ3) is 2.97. The van der Waals surface area contributed by atoms with Crippen molar-refractivity contribution in [3.63, 3.8) is 0 Å². The molecule has 1 saturated heterocycles. The van der Waals surface area contributed by atoms with Crippen molar-refractivity contribution in [1.82, 2.24) is 15.1 Å². The summed E-state index contributed by atoms with van der Waals surface area (Å²) in [7, 11) is 1.79. The number of amides is 1. The third-order valence-corrected chi connectivity index (χ3v) is 3.78. The van der Waals surface area contributed by atoms with Crippen molar-refractivity contribution >= 4 is 22.4 Å². The summed E-state index contributed by atoms with van der Waals surface area (Å²) in [6, 6.07) is 0.161. The van der Waals surface area contributed by atoms with E-state index >= 15 is 0 Å². The number of carbonyl (C=O) groups is 1. The molecule has 1 aromatic heterocycles. The molecule has 100 valence electrons. The van der Waals surface area contributed by atoms with Crippen LogP contribution in [0.1, 0.15) is 29.6 Å². The van der Waals surface area contributed by atoms with E-state index in [9.17, 15) is 4.79 Å². The van der Waals surface area contributed by atoms with Crippen LogP contribution in [0.25, 0.3) is 0 Å². The van der Waals surface area contributed by atoms with E-state index in [4.69, 9.17) is 4.74 Å². The van der Waals surface area contributed by atoms with Crippen LogP contribution in [0, 0.1) is 0 Å². The van der Waals surface area contributed by atoms with E-state index in [1.807, 2.05) is 0 Å². The van der Waals surface area contributed by atoms with Gasteiger partial charge in [-0.1, -0.05) is 18.3 Å². The summed E-state index contributed by atoms with van der Waals surface area (Å²) in [5.74, 6) is -0.0763. The molecule has 0 aliphatic carbocycles. The number of nitrogens with one attached hydrogen (secondary N) is 1. The molecule has 1 amide bonds. The Morgan fingerprint density at radius 2 is 2.44 bits per heavy atom. The first-order chi connectivity index (χ1) is 8.72. The molecule has 1 N–H and O–H groups in total. The van der Waals surface area contributed by atoms with Gasteiger partial charge < -0.3 is 15.0 Å². The summed E-state index contributed by atoms with van der Waals surface area (Å²) in [5.41, 5.74) is 0. The number of anilines is 1. The van der Waals surface area contributed by atoms with Crippen molar-refractivity contribution in [1.29, 1.82) is 0 Å². The van der Waals surface area contributed by atoms with Crippen LogP contribution in [0.5, 0.6) is 0 Å². The van der Waals surface area contributed by atoms with Crippen LogP contribution in [0.3, 0.4) is 0 Å². The summed E-state index contributed by atoms with van der Waals surface area (Å²) < 4.78 is 5.28. The molecule has 7 heteroatoms. The Kier molecular flexibility index (Phi) is 4.48. The van der Waals surface area contributed by atoms with Gasteiger partial charge in [-0.15, -0.1) is 10.2 Å². The van der Waals surface area contributed by atoms with Crippen molar-refractivity contribution in [2.75, 3.05) is 32.1 Å². The van der Waals surface area contributed by atoms with Crippen LogP contribution < -0.4 is 5.32 Å². The maximum Gasteiger partial charge on any atom is 0.284 e. The standard InChI is InChI=1S/C11H18N4O2S/c1-3-5-12-11-14-13-9(18-11)10(16)15(2)8-4-6-17-7-8/h8H,3-7H2,1-2H3,(H,12,14). The average Bonchev–Trinajstić information content (AvgIpc) is 3.05. The predicted octanol–water partition coefficient (Wildman–Crippen LogP) is 1.22.